The Balaban J connectivity index is 2.41. The summed E-state index contributed by atoms with van der Waals surface area (Å²) < 4.78 is 0. The molecule has 0 radical (unpaired) electrons. The first kappa shape index (κ1) is 16.0. The molecule has 2 nitrogen and oxygen atoms in total. The van der Waals surface area contributed by atoms with Gasteiger partial charge in [0.25, 0.3) is 0 Å². The van der Waals surface area contributed by atoms with Crippen molar-refractivity contribution in [1.82, 2.24) is 5.32 Å². The van der Waals surface area contributed by atoms with Crippen LogP contribution in [0.4, 0.5) is 0 Å². The minimum Gasteiger partial charge on any atom is -0.396 e. The maximum absolute atomic E-state index is 9.66. The highest BCUT2D eigenvalue weighted by atomic mass is 16.3. The van der Waals surface area contributed by atoms with Crippen LogP contribution in [0.15, 0.2) is 0 Å². The van der Waals surface area contributed by atoms with Crippen LogP contribution in [-0.4, -0.2) is 23.8 Å². The summed E-state index contributed by atoms with van der Waals surface area (Å²) >= 11 is 0. The first-order chi connectivity index (χ1) is 8.60. The first-order valence-electron chi connectivity index (χ1n) is 7.96. The van der Waals surface area contributed by atoms with E-state index in [1.807, 2.05) is 0 Å². The normalized spacial score (nSPS) is 22.0. The lowest BCUT2D eigenvalue weighted by atomic mass is 9.84. The van der Waals surface area contributed by atoms with E-state index < -0.39 is 0 Å². The highest BCUT2D eigenvalue weighted by Crippen LogP contribution is 2.37. The quantitative estimate of drug-likeness (QED) is 0.613. The molecule has 18 heavy (non-hydrogen) atoms. The van der Waals surface area contributed by atoms with Crippen LogP contribution in [0.5, 0.6) is 0 Å². The molecule has 2 N–H and O–H groups in total. The van der Waals surface area contributed by atoms with Gasteiger partial charge in [-0.1, -0.05) is 46.0 Å². The lowest BCUT2D eigenvalue weighted by molar-refractivity contribution is 0.114. The Morgan fingerprint density at radius 3 is 2.33 bits per heavy atom. The van der Waals surface area contributed by atoms with Gasteiger partial charge in [0.2, 0.25) is 0 Å². The molecule has 0 saturated heterocycles. The van der Waals surface area contributed by atoms with E-state index in [4.69, 9.17) is 0 Å². The predicted octanol–water partition coefficient (Wildman–Crippen LogP) is 3.88. The van der Waals surface area contributed by atoms with Crippen molar-refractivity contribution in [3.05, 3.63) is 0 Å². The Morgan fingerprint density at radius 2 is 1.83 bits per heavy atom. The zero-order chi connectivity index (χ0) is 13.5. The second-order valence-electron chi connectivity index (χ2n) is 6.59. The maximum Gasteiger partial charge on any atom is 0.0499 e. The second kappa shape index (κ2) is 7.49. The summed E-state index contributed by atoms with van der Waals surface area (Å²) in [6.07, 6.45) is 11.4. The van der Waals surface area contributed by atoms with Gasteiger partial charge >= 0.3 is 0 Å². The van der Waals surface area contributed by atoms with Crippen LogP contribution in [0.25, 0.3) is 0 Å². The number of unbranched alkanes of at least 4 members (excludes halogenated alkanes) is 2. The number of nitrogens with one attached hydrogen (secondary N) is 1. The molecular weight excluding hydrogens is 222 g/mol. The SMILES string of the molecule is CCCCCC(C)(CC)NCC1(CO)CCCC1. The standard InChI is InChI=1S/C16H33NO/c1-4-6-7-10-15(3,5-2)17-13-16(14-18)11-8-9-12-16/h17-18H,4-14H2,1-3H3. The molecule has 1 saturated carbocycles. The van der Waals surface area contributed by atoms with Crippen molar-refractivity contribution in [2.24, 2.45) is 5.41 Å². The summed E-state index contributed by atoms with van der Waals surface area (Å²) in [7, 11) is 0. The number of aliphatic hydroxyl groups is 1. The fourth-order valence-electron chi connectivity index (χ4n) is 3.07. The third kappa shape index (κ3) is 4.55. The van der Waals surface area contributed by atoms with Crippen molar-refractivity contribution in [2.45, 2.75) is 84.1 Å². The van der Waals surface area contributed by atoms with Crippen molar-refractivity contribution >= 4 is 0 Å². The molecule has 0 aromatic carbocycles. The largest absolute Gasteiger partial charge is 0.396 e. The van der Waals surface area contributed by atoms with E-state index in [0.717, 1.165) is 6.54 Å². The molecule has 0 heterocycles. The Morgan fingerprint density at radius 1 is 1.17 bits per heavy atom. The zero-order valence-corrected chi connectivity index (χ0v) is 12.7. The number of aliphatic hydroxyl groups excluding tert-OH is 1. The van der Waals surface area contributed by atoms with Crippen LogP contribution >= 0.6 is 0 Å². The van der Waals surface area contributed by atoms with Crippen molar-refractivity contribution in [3.63, 3.8) is 0 Å². The summed E-state index contributed by atoms with van der Waals surface area (Å²) in [4.78, 5) is 0. The Hall–Kier alpha value is -0.0800. The van der Waals surface area contributed by atoms with E-state index in [2.05, 4.69) is 26.1 Å². The first-order valence-corrected chi connectivity index (χ1v) is 7.96. The summed E-state index contributed by atoms with van der Waals surface area (Å²) in [5.74, 6) is 0. The third-order valence-corrected chi connectivity index (χ3v) is 5.00. The fourth-order valence-corrected chi connectivity index (χ4v) is 3.07. The van der Waals surface area contributed by atoms with Crippen molar-refractivity contribution in [2.75, 3.05) is 13.2 Å². The highest BCUT2D eigenvalue weighted by Gasteiger charge is 2.35. The van der Waals surface area contributed by atoms with Crippen molar-refractivity contribution in [1.29, 1.82) is 0 Å². The Bertz CT molecular complexity index is 223. The van der Waals surface area contributed by atoms with E-state index in [9.17, 15) is 5.11 Å². The molecular formula is C16H33NO. The molecule has 108 valence electrons. The molecule has 0 aliphatic heterocycles. The summed E-state index contributed by atoms with van der Waals surface area (Å²) in [6.45, 7) is 8.24. The minimum atomic E-state index is 0.182. The highest BCUT2D eigenvalue weighted by molar-refractivity contribution is 4.90. The van der Waals surface area contributed by atoms with Crippen LogP contribution in [0.1, 0.15) is 78.6 Å². The van der Waals surface area contributed by atoms with Crippen LogP contribution in [0.3, 0.4) is 0 Å². The maximum atomic E-state index is 9.66. The van der Waals surface area contributed by atoms with Gasteiger partial charge in [0.1, 0.15) is 0 Å². The van der Waals surface area contributed by atoms with Crippen LogP contribution in [0.2, 0.25) is 0 Å². The summed E-state index contributed by atoms with van der Waals surface area (Å²) in [6, 6.07) is 0. The van der Waals surface area contributed by atoms with E-state index in [1.165, 1.54) is 57.8 Å². The van der Waals surface area contributed by atoms with Crippen LogP contribution in [0, 0.1) is 5.41 Å². The zero-order valence-electron chi connectivity index (χ0n) is 12.7. The van der Waals surface area contributed by atoms with E-state index >= 15 is 0 Å². The van der Waals surface area contributed by atoms with Crippen LogP contribution < -0.4 is 5.32 Å². The van der Waals surface area contributed by atoms with Gasteiger partial charge < -0.3 is 10.4 Å². The number of rotatable bonds is 9. The summed E-state index contributed by atoms with van der Waals surface area (Å²) in [5.41, 5.74) is 0.446. The molecule has 0 aromatic heterocycles. The van der Waals surface area contributed by atoms with Gasteiger partial charge in [-0.05, 0) is 32.6 Å². The van der Waals surface area contributed by atoms with Crippen LogP contribution in [-0.2, 0) is 0 Å². The van der Waals surface area contributed by atoms with Crippen molar-refractivity contribution < 1.29 is 5.11 Å². The molecule has 1 rings (SSSR count). The molecule has 1 atom stereocenters. The van der Waals surface area contributed by atoms with Gasteiger partial charge in [0.05, 0.1) is 0 Å². The smallest absolute Gasteiger partial charge is 0.0499 e. The van der Waals surface area contributed by atoms with E-state index in [0.29, 0.717) is 6.61 Å². The van der Waals surface area contributed by atoms with Gasteiger partial charge in [-0.3, -0.25) is 0 Å². The lowest BCUT2D eigenvalue weighted by Crippen LogP contribution is -2.48. The monoisotopic (exact) mass is 255 g/mol. The van der Waals surface area contributed by atoms with E-state index in [1.54, 1.807) is 0 Å². The lowest BCUT2D eigenvalue weighted by Gasteiger charge is -2.36. The fraction of sp³-hybridized carbons (Fsp3) is 1.00. The molecule has 2 heteroatoms. The molecule has 1 aliphatic rings. The van der Waals surface area contributed by atoms with Gasteiger partial charge in [-0.25, -0.2) is 0 Å². The molecule has 0 aromatic rings. The average molecular weight is 255 g/mol. The molecule has 0 bridgehead atoms. The average Bonchev–Trinajstić information content (AvgIpc) is 2.86. The molecule has 0 amide bonds. The Labute approximate surface area is 114 Å². The number of hydrogen-bond acceptors (Lipinski definition) is 2. The predicted molar refractivity (Wildman–Crippen MR) is 78.8 cm³/mol. The summed E-state index contributed by atoms with van der Waals surface area (Å²) in [5, 5.41) is 13.4. The minimum absolute atomic E-state index is 0.182. The topological polar surface area (TPSA) is 32.3 Å². The Kier molecular flexibility index (Phi) is 6.65. The van der Waals surface area contributed by atoms with Gasteiger partial charge in [0, 0.05) is 24.1 Å². The van der Waals surface area contributed by atoms with Gasteiger partial charge in [-0.15, -0.1) is 0 Å². The van der Waals surface area contributed by atoms with Crippen molar-refractivity contribution in [3.8, 4) is 0 Å². The van der Waals surface area contributed by atoms with E-state index in [-0.39, 0.29) is 11.0 Å². The molecule has 1 fully saturated rings. The number of hydrogen-bond donors (Lipinski definition) is 2. The molecule has 0 spiro atoms. The third-order valence-electron chi connectivity index (χ3n) is 5.00. The van der Waals surface area contributed by atoms with Gasteiger partial charge in [0.15, 0.2) is 0 Å². The molecule has 1 unspecified atom stereocenters. The van der Waals surface area contributed by atoms with Gasteiger partial charge in [-0.2, -0.15) is 0 Å². The molecule has 1 aliphatic carbocycles. The second-order valence-corrected chi connectivity index (χ2v) is 6.59.